The standard InChI is InChI=1S/C28H19N3O6/c1-15-7-8-16(2)21(11-15)31-26(33)18-10-9-17(12-20(18)27(31)34)28(35)36-14-24(32)30-25-19-5-3-4-6-22(19)37-23(25)13-29/h3-12H,14H2,1-2H3,(H,30,32). The maximum Gasteiger partial charge on any atom is 0.338 e. The van der Waals surface area contributed by atoms with Crippen molar-refractivity contribution >= 4 is 46.0 Å². The van der Waals surface area contributed by atoms with Gasteiger partial charge in [0.05, 0.1) is 22.4 Å². The number of imide groups is 1. The molecule has 182 valence electrons. The number of rotatable bonds is 5. The number of anilines is 2. The molecule has 0 spiro atoms. The number of esters is 1. The third kappa shape index (κ3) is 4.10. The number of carbonyl (C=O) groups is 4. The van der Waals surface area contributed by atoms with Crippen molar-refractivity contribution in [3.05, 3.63) is 94.2 Å². The summed E-state index contributed by atoms with van der Waals surface area (Å²) in [5.74, 6) is -2.62. The molecule has 2 heterocycles. The maximum absolute atomic E-state index is 13.1. The minimum atomic E-state index is -0.846. The van der Waals surface area contributed by atoms with E-state index in [1.54, 1.807) is 37.3 Å². The first-order chi connectivity index (χ1) is 17.8. The van der Waals surface area contributed by atoms with Crippen molar-refractivity contribution in [1.82, 2.24) is 0 Å². The first-order valence-electron chi connectivity index (χ1n) is 11.3. The minimum Gasteiger partial charge on any atom is -0.452 e. The monoisotopic (exact) mass is 493 g/mol. The molecule has 9 heteroatoms. The Kier molecular flexibility index (Phi) is 5.78. The smallest absolute Gasteiger partial charge is 0.338 e. The molecule has 1 aromatic heterocycles. The summed E-state index contributed by atoms with van der Waals surface area (Å²) >= 11 is 0. The molecule has 37 heavy (non-hydrogen) atoms. The van der Waals surface area contributed by atoms with Crippen LogP contribution in [0, 0.1) is 25.2 Å². The second kappa shape index (κ2) is 9.09. The van der Waals surface area contributed by atoms with Gasteiger partial charge in [-0.2, -0.15) is 5.26 Å². The van der Waals surface area contributed by atoms with E-state index in [9.17, 15) is 24.4 Å². The molecule has 0 aliphatic carbocycles. The molecular formula is C28H19N3O6. The van der Waals surface area contributed by atoms with Crippen LogP contribution in [-0.4, -0.2) is 30.3 Å². The van der Waals surface area contributed by atoms with Crippen LogP contribution >= 0.6 is 0 Å². The Balaban J connectivity index is 1.31. The SMILES string of the molecule is Cc1ccc(C)c(N2C(=O)c3ccc(C(=O)OCC(=O)Nc4c(C#N)oc5ccccc45)cc3C2=O)c1. The molecule has 5 rings (SSSR count). The second-order valence-corrected chi connectivity index (χ2v) is 8.53. The van der Waals surface area contributed by atoms with Crippen LogP contribution in [0.3, 0.4) is 0 Å². The molecule has 0 radical (unpaired) electrons. The van der Waals surface area contributed by atoms with Crippen molar-refractivity contribution in [2.24, 2.45) is 0 Å². The Morgan fingerprint density at radius 3 is 2.54 bits per heavy atom. The summed E-state index contributed by atoms with van der Waals surface area (Å²) in [6, 6.07) is 18.2. The second-order valence-electron chi connectivity index (χ2n) is 8.53. The van der Waals surface area contributed by atoms with E-state index in [0.29, 0.717) is 16.7 Å². The molecule has 1 aliphatic heterocycles. The minimum absolute atomic E-state index is 0.0157. The van der Waals surface area contributed by atoms with E-state index in [-0.39, 0.29) is 28.1 Å². The summed E-state index contributed by atoms with van der Waals surface area (Å²) in [5.41, 5.74) is 3.02. The number of hydrogen-bond acceptors (Lipinski definition) is 7. The van der Waals surface area contributed by atoms with Gasteiger partial charge >= 0.3 is 5.97 Å². The number of furan rings is 1. The van der Waals surface area contributed by atoms with Crippen LogP contribution in [0.25, 0.3) is 11.0 Å². The van der Waals surface area contributed by atoms with Crippen LogP contribution in [-0.2, 0) is 9.53 Å². The Labute approximate surface area is 210 Å². The van der Waals surface area contributed by atoms with Gasteiger partial charge in [0, 0.05) is 5.39 Å². The summed E-state index contributed by atoms with van der Waals surface area (Å²) in [4.78, 5) is 52.3. The van der Waals surface area contributed by atoms with Crippen LogP contribution in [0.2, 0.25) is 0 Å². The van der Waals surface area contributed by atoms with Gasteiger partial charge in [0.25, 0.3) is 17.7 Å². The van der Waals surface area contributed by atoms with E-state index in [0.717, 1.165) is 16.0 Å². The lowest BCUT2D eigenvalue weighted by Crippen LogP contribution is -2.30. The molecule has 1 N–H and O–H groups in total. The third-order valence-electron chi connectivity index (χ3n) is 6.02. The molecule has 9 nitrogen and oxygen atoms in total. The fourth-order valence-corrected chi connectivity index (χ4v) is 4.19. The fourth-order valence-electron chi connectivity index (χ4n) is 4.19. The molecule has 1 aliphatic rings. The van der Waals surface area contributed by atoms with E-state index < -0.39 is 30.3 Å². The number of nitrogens with one attached hydrogen (secondary N) is 1. The molecule has 0 bridgehead atoms. The van der Waals surface area contributed by atoms with Crippen molar-refractivity contribution in [3.63, 3.8) is 0 Å². The molecule has 4 aromatic rings. The highest BCUT2D eigenvalue weighted by Crippen LogP contribution is 2.32. The quantitative estimate of drug-likeness (QED) is 0.320. The van der Waals surface area contributed by atoms with Gasteiger partial charge in [0.15, 0.2) is 6.61 Å². The Bertz CT molecular complexity index is 1680. The number of carbonyl (C=O) groups excluding carboxylic acids is 4. The van der Waals surface area contributed by atoms with Gasteiger partial charge in [0.2, 0.25) is 5.76 Å². The van der Waals surface area contributed by atoms with Crippen molar-refractivity contribution in [2.45, 2.75) is 13.8 Å². The largest absolute Gasteiger partial charge is 0.452 e. The van der Waals surface area contributed by atoms with Crippen LogP contribution < -0.4 is 10.2 Å². The Hall–Kier alpha value is -5.23. The van der Waals surface area contributed by atoms with Gasteiger partial charge in [-0.1, -0.05) is 24.3 Å². The van der Waals surface area contributed by atoms with E-state index >= 15 is 0 Å². The summed E-state index contributed by atoms with van der Waals surface area (Å²) in [5, 5.41) is 12.4. The van der Waals surface area contributed by atoms with Crippen LogP contribution in [0.4, 0.5) is 11.4 Å². The lowest BCUT2D eigenvalue weighted by molar-refractivity contribution is -0.119. The number of ether oxygens (including phenoxy) is 1. The van der Waals surface area contributed by atoms with E-state index in [1.165, 1.54) is 18.2 Å². The number of benzene rings is 3. The number of amides is 3. The highest BCUT2D eigenvalue weighted by atomic mass is 16.5. The van der Waals surface area contributed by atoms with E-state index in [4.69, 9.17) is 9.15 Å². The predicted octanol–water partition coefficient (Wildman–Crippen LogP) is 4.52. The zero-order chi connectivity index (χ0) is 26.3. The lowest BCUT2D eigenvalue weighted by atomic mass is 10.1. The topological polar surface area (TPSA) is 130 Å². The zero-order valence-electron chi connectivity index (χ0n) is 19.8. The molecular weight excluding hydrogens is 474 g/mol. The number of nitriles is 1. The molecule has 3 aromatic carbocycles. The van der Waals surface area contributed by atoms with Gasteiger partial charge in [-0.25, -0.2) is 9.69 Å². The highest BCUT2D eigenvalue weighted by Gasteiger charge is 2.38. The lowest BCUT2D eigenvalue weighted by Gasteiger charge is -2.17. The summed E-state index contributed by atoms with van der Waals surface area (Å²) in [6.07, 6.45) is 0. The molecule has 0 fully saturated rings. The summed E-state index contributed by atoms with van der Waals surface area (Å²) in [7, 11) is 0. The van der Waals surface area contributed by atoms with Crippen LogP contribution in [0.5, 0.6) is 0 Å². The predicted molar refractivity (Wildman–Crippen MR) is 133 cm³/mol. The zero-order valence-corrected chi connectivity index (χ0v) is 19.8. The molecule has 0 saturated heterocycles. The van der Waals surface area contributed by atoms with Crippen LogP contribution in [0.1, 0.15) is 48.0 Å². The number of nitrogens with zero attached hydrogens (tertiary/aromatic N) is 2. The molecule has 0 atom stereocenters. The van der Waals surface area contributed by atoms with Gasteiger partial charge in [0.1, 0.15) is 17.3 Å². The van der Waals surface area contributed by atoms with Gasteiger partial charge in [-0.3, -0.25) is 14.4 Å². The maximum atomic E-state index is 13.1. The van der Waals surface area contributed by atoms with Crippen molar-refractivity contribution < 1.29 is 28.3 Å². The van der Waals surface area contributed by atoms with E-state index in [1.807, 2.05) is 25.1 Å². The number of fused-ring (bicyclic) bond motifs is 2. The highest BCUT2D eigenvalue weighted by molar-refractivity contribution is 6.35. The summed E-state index contributed by atoms with van der Waals surface area (Å²) in [6.45, 7) is 3.03. The average molecular weight is 493 g/mol. The molecule has 0 saturated carbocycles. The van der Waals surface area contributed by atoms with Gasteiger partial charge in [-0.15, -0.1) is 0 Å². The molecule has 0 unspecified atom stereocenters. The van der Waals surface area contributed by atoms with E-state index in [2.05, 4.69) is 5.32 Å². The Morgan fingerprint density at radius 2 is 1.76 bits per heavy atom. The molecule has 3 amide bonds. The fraction of sp³-hybridized carbons (Fsp3) is 0.107. The average Bonchev–Trinajstić information content (AvgIpc) is 3.37. The number of aryl methyl sites for hydroxylation is 2. The van der Waals surface area contributed by atoms with Gasteiger partial charge < -0.3 is 14.5 Å². The summed E-state index contributed by atoms with van der Waals surface area (Å²) < 4.78 is 10.5. The first kappa shape index (κ1) is 23.5. The number of hydrogen-bond donors (Lipinski definition) is 1. The van der Waals surface area contributed by atoms with Gasteiger partial charge in [-0.05, 0) is 61.4 Å². The van der Waals surface area contributed by atoms with Crippen molar-refractivity contribution in [2.75, 3.05) is 16.8 Å². The van der Waals surface area contributed by atoms with Crippen molar-refractivity contribution in [1.29, 1.82) is 5.26 Å². The first-order valence-corrected chi connectivity index (χ1v) is 11.3. The third-order valence-corrected chi connectivity index (χ3v) is 6.02. The number of para-hydroxylation sites is 1. The Morgan fingerprint density at radius 1 is 1.00 bits per heavy atom. The normalized spacial score (nSPS) is 12.4. The van der Waals surface area contributed by atoms with Crippen molar-refractivity contribution in [3.8, 4) is 6.07 Å². The van der Waals surface area contributed by atoms with Crippen LogP contribution in [0.15, 0.2) is 65.1 Å².